The zero-order chi connectivity index (χ0) is 11.8. The van der Waals surface area contributed by atoms with Crippen molar-refractivity contribution in [2.75, 3.05) is 32.9 Å². The van der Waals surface area contributed by atoms with E-state index in [4.69, 9.17) is 9.84 Å². The Hall–Kier alpha value is -0.120. The molecule has 2 unspecified atom stereocenters. The quantitative estimate of drug-likeness (QED) is 0.677. The average molecular weight is 229 g/mol. The van der Waals surface area contributed by atoms with Gasteiger partial charge in [0.1, 0.15) is 0 Å². The smallest absolute Gasteiger partial charge is 0.0698 e. The van der Waals surface area contributed by atoms with Crippen molar-refractivity contribution in [2.24, 2.45) is 5.92 Å². The largest absolute Gasteiger partial charge is 0.394 e. The zero-order valence-corrected chi connectivity index (χ0v) is 10.8. The van der Waals surface area contributed by atoms with Gasteiger partial charge < -0.3 is 9.84 Å². The first-order chi connectivity index (χ1) is 7.79. The number of piperidine rings is 1. The third-order valence-corrected chi connectivity index (χ3v) is 3.57. The van der Waals surface area contributed by atoms with E-state index in [0.29, 0.717) is 6.61 Å². The minimum absolute atomic E-state index is 0.134. The lowest BCUT2D eigenvalue weighted by Crippen LogP contribution is -2.45. The number of ether oxygens (including phenoxy) is 1. The van der Waals surface area contributed by atoms with Crippen molar-refractivity contribution < 1.29 is 9.84 Å². The maximum Gasteiger partial charge on any atom is 0.0698 e. The minimum Gasteiger partial charge on any atom is -0.394 e. The van der Waals surface area contributed by atoms with E-state index in [2.05, 4.69) is 18.7 Å². The van der Waals surface area contributed by atoms with Crippen molar-refractivity contribution in [1.29, 1.82) is 0 Å². The van der Waals surface area contributed by atoms with Crippen molar-refractivity contribution in [3.8, 4) is 0 Å². The molecule has 1 N–H and O–H groups in total. The summed E-state index contributed by atoms with van der Waals surface area (Å²) in [5.74, 6) is 0.826. The molecule has 0 amide bonds. The summed E-state index contributed by atoms with van der Waals surface area (Å²) in [6.45, 7) is 8.25. The van der Waals surface area contributed by atoms with E-state index < -0.39 is 0 Å². The number of hydrogen-bond donors (Lipinski definition) is 1. The highest BCUT2D eigenvalue weighted by molar-refractivity contribution is 4.81. The summed E-state index contributed by atoms with van der Waals surface area (Å²) >= 11 is 0. The molecular weight excluding hydrogens is 202 g/mol. The summed E-state index contributed by atoms with van der Waals surface area (Å²) in [6.07, 6.45) is 5.27. The van der Waals surface area contributed by atoms with Gasteiger partial charge in [0.05, 0.1) is 19.8 Å². The first-order valence-corrected chi connectivity index (χ1v) is 6.72. The van der Waals surface area contributed by atoms with Crippen LogP contribution in [0.4, 0.5) is 0 Å². The monoisotopic (exact) mass is 229 g/mol. The third kappa shape index (κ3) is 4.40. The van der Waals surface area contributed by atoms with Crippen LogP contribution in [0, 0.1) is 5.92 Å². The molecule has 3 nitrogen and oxygen atoms in total. The number of aliphatic hydroxyl groups is 1. The first kappa shape index (κ1) is 13.9. The molecule has 1 aliphatic rings. The second-order valence-electron chi connectivity index (χ2n) is 4.85. The van der Waals surface area contributed by atoms with Gasteiger partial charge in [-0.3, -0.25) is 4.90 Å². The van der Waals surface area contributed by atoms with Crippen LogP contribution in [0.25, 0.3) is 0 Å². The predicted octanol–water partition coefficient (Wildman–Crippen LogP) is 1.90. The summed E-state index contributed by atoms with van der Waals surface area (Å²) in [5, 5.41) is 8.64. The topological polar surface area (TPSA) is 32.7 Å². The van der Waals surface area contributed by atoms with Crippen molar-refractivity contribution >= 4 is 0 Å². The van der Waals surface area contributed by atoms with E-state index in [1.54, 1.807) is 0 Å². The van der Waals surface area contributed by atoms with Gasteiger partial charge in [0.2, 0.25) is 0 Å². The van der Waals surface area contributed by atoms with Gasteiger partial charge in [-0.15, -0.1) is 0 Å². The van der Waals surface area contributed by atoms with Gasteiger partial charge in [0.15, 0.2) is 0 Å². The molecule has 0 radical (unpaired) electrons. The molecule has 1 fully saturated rings. The van der Waals surface area contributed by atoms with E-state index in [1.807, 2.05) is 0 Å². The van der Waals surface area contributed by atoms with E-state index >= 15 is 0 Å². The molecule has 1 heterocycles. The number of nitrogens with zero attached hydrogens (tertiary/aromatic N) is 1. The summed E-state index contributed by atoms with van der Waals surface area (Å²) in [4.78, 5) is 2.58. The second-order valence-corrected chi connectivity index (χ2v) is 4.85. The van der Waals surface area contributed by atoms with Crippen LogP contribution in [0.2, 0.25) is 0 Å². The van der Waals surface area contributed by atoms with Crippen molar-refractivity contribution in [2.45, 2.75) is 45.6 Å². The molecule has 1 saturated heterocycles. The number of likely N-dealkylation sites (tertiary alicyclic amines) is 1. The molecule has 1 aliphatic heterocycles. The molecule has 0 aromatic heterocycles. The number of hydrogen-bond acceptors (Lipinski definition) is 3. The summed E-state index contributed by atoms with van der Waals surface area (Å²) in [5.41, 5.74) is 0. The Balaban J connectivity index is 2.29. The highest BCUT2D eigenvalue weighted by Crippen LogP contribution is 2.26. The highest BCUT2D eigenvalue weighted by atomic mass is 16.5. The van der Waals surface area contributed by atoms with E-state index in [0.717, 1.165) is 25.1 Å². The van der Waals surface area contributed by atoms with Crippen LogP contribution in [0.1, 0.15) is 39.5 Å². The van der Waals surface area contributed by atoms with E-state index in [9.17, 15) is 0 Å². The lowest BCUT2D eigenvalue weighted by atomic mass is 9.88. The molecule has 2 atom stereocenters. The molecule has 0 aromatic carbocycles. The molecule has 16 heavy (non-hydrogen) atoms. The fraction of sp³-hybridized carbons (Fsp3) is 1.00. The Labute approximate surface area is 99.8 Å². The summed E-state index contributed by atoms with van der Waals surface area (Å²) in [6, 6.07) is 0.747. The van der Waals surface area contributed by atoms with Crippen LogP contribution in [0.15, 0.2) is 0 Å². The van der Waals surface area contributed by atoms with Crippen molar-refractivity contribution in [3.63, 3.8) is 0 Å². The Morgan fingerprint density at radius 2 is 2.19 bits per heavy atom. The maximum absolute atomic E-state index is 8.64. The first-order valence-electron chi connectivity index (χ1n) is 6.72. The molecule has 3 heteroatoms. The Bertz CT molecular complexity index is 175. The SMILES string of the molecule is CCCC1C(C)CCCN1CCOCCO. The Morgan fingerprint density at radius 1 is 1.38 bits per heavy atom. The average Bonchev–Trinajstić information content (AvgIpc) is 2.29. The fourth-order valence-electron chi connectivity index (χ4n) is 2.72. The van der Waals surface area contributed by atoms with Crippen LogP contribution < -0.4 is 0 Å². The van der Waals surface area contributed by atoms with Gasteiger partial charge >= 0.3 is 0 Å². The van der Waals surface area contributed by atoms with Crippen LogP contribution >= 0.6 is 0 Å². The maximum atomic E-state index is 8.64. The molecular formula is C13H27NO2. The van der Waals surface area contributed by atoms with Gasteiger partial charge in [-0.25, -0.2) is 0 Å². The lowest BCUT2D eigenvalue weighted by molar-refractivity contribution is 0.0363. The molecule has 96 valence electrons. The second kappa shape index (κ2) is 8.04. The minimum atomic E-state index is 0.134. The molecule has 0 aliphatic carbocycles. The fourth-order valence-corrected chi connectivity index (χ4v) is 2.72. The van der Waals surface area contributed by atoms with E-state index in [-0.39, 0.29) is 6.61 Å². The summed E-state index contributed by atoms with van der Waals surface area (Å²) < 4.78 is 5.36. The standard InChI is InChI=1S/C13H27NO2/c1-3-5-13-12(2)6-4-7-14(13)8-10-16-11-9-15/h12-13,15H,3-11H2,1-2H3. The van der Waals surface area contributed by atoms with Crippen molar-refractivity contribution in [3.05, 3.63) is 0 Å². The highest BCUT2D eigenvalue weighted by Gasteiger charge is 2.26. The molecule has 0 bridgehead atoms. The number of rotatable bonds is 7. The van der Waals surface area contributed by atoms with Gasteiger partial charge in [0.25, 0.3) is 0 Å². The number of aliphatic hydroxyl groups excluding tert-OH is 1. The lowest BCUT2D eigenvalue weighted by Gasteiger charge is -2.40. The van der Waals surface area contributed by atoms with Gasteiger partial charge in [-0.2, -0.15) is 0 Å². The third-order valence-electron chi connectivity index (χ3n) is 3.57. The van der Waals surface area contributed by atoms with Crippen LogP contribution in [-0.2, 0) is 4.74 Å². The van der Waals surface area contributed by atoms with Gasteiger partial charge in [-0.05, 0) is 31.7 Å². The van der Waals surface area contributed by atoms with Gasteiger partial charge in [-0.1, -0.05) is 20.3 Å². The normalized spacial score (nSPS) is 27.2. The summed E-state index contributed by atoms with van der Waals surface area (Å²) in [7, 11) is 0. The molecule has 0 aromatic rings. The zero-order valence-electron chi connectivity index (χ0n) is 10.8. The van der Waals surface area contributed by atoms with Crippen LogP contribution in [0.3, 0.4) is 0 Å². The molecule has 0 spiro atoms. The molecule has 0 saturated carbocycles. The van der Waals surface area contributed by atoms with Crippen molar-refractivity contribution in [1.82, 2.24) is 4.90 Å². The van der Waals surface area contributed by atoms with Gasteiger partial charge in [0, 0.05) is 12.6 Å². The Kier molecular flexibility index (Phi) is 7.01. The Morgan fingerprint density at radius 3 is 2.88 bits per heavy atom. The van der Waals surface area contributed by atoms with Crippen LogP contribution in [-0.4, -0.2) is 49.0 Å². The van der Waals surface area contributed by atoms with Crippen LogP contribution in [0.5, 0.6) is 0 Å². The van der Waals surface area contributed by atoms with E-state index in [1.165, 1.54) is 32.2 Å². The predicted molar refractivity (Wildman–Crippen MR) is 66.6 cm³/mol. The molecule has 1 rings (SSSR count).